The van der Waals surface area contributed by atoms with Crippen LogP contribution in [0.25, 0.3) is 11.1 Å². The van der Waals surface area contributed by atoms with Crippen LogP contribution in [0, 0.1) is 0 Å². The van der Waals surface area contributed by atoms with Crippen molar-refractivity contribution in [1.29, 1.82) is 0 Å². The number of aromatic nitrogens is 2. The van der Waals surface area contributed by atoms with Crippen molar-refractivity contribution in [3.8, 4) is 22.6 Å². The third kappa shape index (κ3) is 11.0. The minimum absolute atomic E-state index is 0.255. The fraction of sp³-hybridized carbons (Fsp3) is 0.400. The number of hydrogen-bond donors (Lipinski definition) is 3. The number of ether oxygens (including phenoxy) is 2. The normalized spacial score (nSPS) is 10.5. The van der Waals surface area contributed by atoms with E-state index in [1.165, 1.54) is 39.2 Å². The topological polar surface area (TPSA) is 114 Å². The van der Waals surface area contributed by atoms with Gasteiger partial charge in [0, 0.05) is 26.5 Å². The summed E-state index contributed by atoms with van der Waals surface area (Å²) in [4.78, 5) is 31.3. The molecule has 208 valence electrons. The summed E-state index contributed by atoms with van der Waals surface area (Å²) in [5.41, 5.74) is 2.26. The van der Waals surface area contributed by atoms with Crippen LogP contribution in [0.15, 0.2) is 54.6 Å². The Labute approximate surface area is 230 Å². The van der Waals surface area contributed by atoms with Gasteiger partial charge >= 0.3 is 0 Å². The van der Waals surface area contributed by atoms with Gasteiger partial charge in [-0.15, -0.1) is 0 Å². The van der Waals surface area contributed by atoms with Crippen molar-refractivity contribution in [2.24, 2.45) is 0 Å². The molecule has 0 fully saturated rings. The van der Waals surface area contributed by atoms with Crippen LogP contribution in [0.2, 0.25) is 0 Å². The number of nitrogens with zero attached hydrogens (tertiary/aromatic N) is 2. The Balaban J connectivity index is 1.38. The molecule has 9 nitrogen and oxygen atoms in total. The van der Waals surface area contributed by atoms with Crippen molar-refractivity contribution in [3.05, 3.63) is 54.6 Å². The first-order chi connectivity index (χ1) is 18.9. The van der Waals surface area contributed by atoms with Crippen LogP contribution in [0.1, 0.15) is 59.3 Å². The quantitative estimate of drug-likeness (QED) is 0.185. The lowest BCUT2D eigenvalue weighted by Crippen LogP contribution is -2.14. The Bertz CT molecular complexity index is 1150. The standard InChI is InChI=1S/C30H39N5O4/c1-4-5-6-8-19-38-26-14-10-24(11-15-26)25-12-16-27(17-13-25)39-20-9-7-18-31-30-34-28(32-22(2)36)21-29(35-30)33-23(3)37/h10-17,21H,4-9,18-20H2,1-3H3,(H3,31,32,33,34,35,36,37). The number of amides is 2. The van der Waals surface area contributed by atoms with E-state index in [2.05, 4.69) is 57.1 Å². The molecular formula is C30H39N5O4. The zero-order chi connectivity index (χ0) is 27.9. The van der Waals surface area contributed by atoms with Gasteiger partial charge in [-0.25, -0.2) is 0 Å². The molecule has 1 aromatic heterocycles. The van der Waals surface area contributed by atoms with E-state index in [0.29, 0.717) is 30.7 Å². The number of anilines is 3. The van der Waals surface area contributed by atoms with Gasteiger partial charge in [0.1, 0.15) is 23.1 Å². The molecule has 2 amide bonds. The van der Waals surface area contributed by atoms with Crippen molar-refractivity contribution in [2.75, 3.05) is 35.7 Å². The number of carbonyl (C=O) groups is 2. The Morgan fingerprint density at radius 2 is 1.18 bits per heavy atom. The molecule has 0 spiro atoms. The van der Waals surface area contributed by atoms with Gasteiger partial charge in [-0.05, 0) is 54.7 Å². The second kappa shape index (κ2) is 16.0. The van der Waals surface area contributed by atoms with Gasteiger partial charge < -0.3 is 25.4 Å². The maximum Gasteiger partial charge on any atom is 0.226 e. The van der Waals surface area contributed by atoms with Gasteiger partial charge in [-0.2, -0.15) is 9.97 Å². The molecule has 0 saturated carbocycles. The smallest absolute Gasteiger partial charge is 0.226 e. The summed E-state index contributed by atoms with van der Waals surface area (Å²) >= 11 is 0. The zero-order valence-electron chi connectivity index (χ0n) is 23.1. The molecule has 39 heavy (non-hydrogen) atoms. The van der Waals surface area contributed by atoms with Gasteiger partial charge in [-0.1, -0.05) is 50.5 Å². The first kappa shape index (κ1) is 29.4. The molecule has 0 saturated heterocycles. The van der Waals surface area contributed by atoms with Crippen molar-refractivity contribution in [3.63, 3.8) is 0 Å². The zero-order valence-corrected chi connectivity index (χ0v) is 23.1. The average molecular weight is 534 g/mol. The molecule has 0 radical (unpaired) electrons. The van der Waals surface area contributed by atoms with Gasteiger partial charge in [0.2, 0.25) is 17.8 Å². The number of rotatable bonds is 16. The van der Waals surface area contributed by atoms with Crippen LogP contribution < -0.4 is 25.4 Å². The maximum absolute atomic E-state index is 11.4. The number of hydrogen-bond acceptors (Lipinski definition) is 7. The predicted molar refractivity (Wildman–Crippen MR) is 155 cm³/mol. The fourth-order valence-electron chi connectivity index (χ4n) is 3.84. The fourth-order valence-corrected chi connectivity index (χ4v) is 3.84. The lowest BCUT2D eigenvalue weighted by molar-refractivity contribution is -0.115. The third-order valence-corrected chi connectivity index (χ3v) is 5.77. The monoisotopic (exact) mass is 533 g/mol. The molecule has 0 aliphatic heterocycles. The van der Waals surface area contributed by atoms with Crippen LogP contribution in [0.4, 0.5) is 17.6 Å². The molecule has 9 heteroatoms. The van der Waals surface area contributed by atoms with E-state index in [4.69, 9.17) is 9.47 Å². The Hall–Kier alpha value is -4.14. The Morgan fingerprint density at radius 3 is 1.64 bits per heavy atom. The van der Waals surface area contributed by atoms with Crippen LogP contribution in [-0.2, 0) is 9.59 Å². The highest BCUT2D eigenvalue weighted by Crippen LogP contribution is 2.25. The van der Waals surface area contributed by atoms with Gasteiger partial charge in [-0.3, -0.25) is 9.59 Å². The molecule has 3 aromatic rings. The molecular weight excluding hydrogens is 494 g/mol. The lowest BCUT2D eigenvalue weighted by atomic mass is 10.1. The number of carbonyl (C=O) groups excluding carboxylic acids is 2. The van der Waals surface area contributed by atoms with Crippen molar-refractivity contribution >= 4 is 29.4 Å². The molecule has 2 aromatic carbocycles. The highest BCUT2D eigenvalue weighted by molar-refractivity contribution is 5.90. The highest BCUT2D eigenvalue weighted by Gasteiger charge is 2.07. The van der Waals surface area contributed by atoms with Crippen LogP contribution >= 0.6 is 0 Å². The Kier molecular flexibility index (Phi) is 12.0. The summed E-state index contributed by atoms with van der Waals surface area (Å²) in [6.07, 6.45) is 6.46. The second-order valence-electron chi connectivity index (χ2n) is 9.26. The van der Waals surface area contributed by atoms with Crippen molar-refractivity contribution in [2.45, 2.75) is 59.3 Å². The number of benzene rings is 2. The van der Waals surface area contributed by atoms with Crippen LogP contribution in [-0.4, -0.2) is 41.5 Å². The van der Waals surface area contributed by atoms with Gasteiger partial charge in [0.15, 0.2) is 0 Å². The molecule has 0 atom stereocenters. The summed E-state index contributed by atoms with van der Waals surface area (Å²) < 4.78 is 11.7. The van der Waals surface area contributed by atoms with E-state index in [1.807, 2.05) is 24.3 Å². The van der Waals surface area contributed by atoms with E-state index in [1.54, 1.807) is 0 Å². The maximum atomic E-state index is 11.4. The Morgan fingerprint density at radius 1 is 0.692 bits per heavy atom. The van der Waals surface area contributed by atoms with Gasteiger partial charge in [0.05, 0.1) is 13.2 Å². The molecule has 0 unspecified atom stereocenters. The van der Waals surface area contributed by atoms with E-state index >= 15 is 0 Å². The summed E-state index contributed by atoms with van der Waals surface area (Å²) in [7, 11) is 0. The van der Waals surface area contributed by atoms with Crippen molar-refractivity contribution in [1.82, 2.24) is 9.97 Å². The summed E-state index contributed by atoms with van der Waals surface area (Å²) in [5, 5.41) is 8.35. The molecule has 0 aliphatic rings. The lowest BCUT2D eigenvalue weighted by Gasteiger charge is -2.11. The summed E-state index contributed by atoms with van der Waals surface area (Å²) in [6.45, 7) is 6.95. The first-order valence-corrected chi connectivity index (χ1v) is 13.6. The number of unbranched alkanes of at least 4 members (excludes halogenated alkanes) is 4. The van der Waals surface area contributed by atoms with Crippen molar-refractivity contribution < 1.29 is 19.1 Å². The van der Waals surface area contributed by atoms with E-state index in [0.717, 1.165) is 48.5 Å². The predicted octanol–water partition coefficient (Wildman–Crippen LogP) is 6.29. The second-order valence-corrected chi connectivity index (χ2v) is 9.26. The van der Waals surface area contributed by atoms with E-state index in [-0.39, 0.29) is 11.8 Å². The highest BCUT2D eigenvalue weighted by atomic mass is 16.5. The first-order valence-electron chi connectivity index (χ1n) is 13.6. The number of nitrogens with one attached hydrogen (secondary N) is 3. The van der Waals surface area contributed by atoms with E-state index in [9.17, 15) is 9.59 Å². The molecule has 1 heterocycles. The molecule has 3 rings (SSSR count). The van der Waals surface area contributed by atoms with E-state index < -0.39 is 0 Å². The third-order valence-electron chi connectivity index (χ3n) is 5.77. The minimum Gasteiger partial charge on any atom is -0.494 e. The average Bonchev–Trinajstić information content (AvgIpc) is 2.90. The minimum atomic E-state index is -0.255. The van der Waals surface area contributed by atoms with Crippen LogP contribution in [0.3, 0.4) is 0 Å². The molecule has 3 N–H and O–H groups in total. The largest absolute Gasteiger partial charge is 0.494 e. The summed E-state index contributed by atoms with van der Waals surface area (Å²) in [6, 6.07) is 17.8. The SMILES string of the molecule is CCCCCCOc1ccc(-c2ccc(OCCCCNc3nc(NC(C)=O)cc(NC(C)=O)n3)cc2)cc1. The molecule has 0 aliphatic carbocycles. The van der Waals surface area contributed by atoms with Gasteiger partial charge in [0.25, 0.3) is 0 Å². The molecule has 0 bridgehead atoms. The van der Waals surface area contributed by atoms with Crippen LogP contribution in [0.5, 0.6) is 11.5 Å². The summed E-state index contributed by atoms with van der Waals surface area (Å²) in [5.74, 6) is 2.18.